The summed E-state index contributed by atoms with van der Waals surface area (Å²) < 4.78 is 31.1. The van der Waals surface area contributed by atoms with Crippen LogP contribution < -0.4 is 4.90 Å². The summed E-state index contributed by atoms with van der Waals surface area (Å²) in [5.74, 6) is -0.414. The van der Waals surface area contributed by atoms with Gasteiger partial charge in [-0.05, 0) is 30.3 Å². The first-order valence-electron chi connectivity index (χ1n) is 7.47. The Balaban J connectivity index is 1.95. The number of fused-ring (bicyclic) bond motifs is 1. The summed E-state index contributed by atoms with van der Waals surface area (Å²) in [7, 11) is 0.785. The molecule has 3 aromatic rings. The van der Waals surface area contributed by atoms with Gasteiger partial charge < -0.3 is 4.42 Å². The van der Waals surface area contributed by atoms with Gasteiger partial charge in [0.2, 0.25) is 10.0 Å². The predicted octanol–water partition coefficient (Wildman–Crippen LogP) is 2.35. The minimum atomic E-state index is -3.62. The van der Waals surface area contributed by atoms with E-state index in [2.05, 4.69) is 4.98 Å². The number of hydrogen-bond acceptors (Lipinski definition) is 5. The highest BCUT2D eigenvalue weighted by Crippen LogP contribution is 2.23. The highest BCUT2D eigenvalue weighted by molar-refractivity contribution is 7.89. The lowest BCUT2D eigenvalue weighted by Crippen LogP contribution is -2.27. The first kappa shape index (κ1) is 17.1. The molecule has 0 atom stereocenters. The molecule has 8 heteroatoms. The van der Waals surface area contributed by atoms with Crippen LogP contribution in [-0.2, 0) is 10.0 Å². The summed E-state index contributed by atoms with van der Waals surface area (Å²) in [6, 6.07) is 13.2. The molecule has 0 bridgehead atoms. The van der Waals surface area contributed by atoms with E-state index in [1.54, 1.807) is 18.2 Å². The van der Waals surface area contributed by atoms with Crippen LogP contribution in [0.5, 0.6) is 0 Å². The van der Waals surface area contributed by atoms with Crippen molar-refractivity contribution in [2.75, 3.05) is 26.0 Å². The Morgan fingerprint density at radius 2 is 1.76 bits per heavy atom. The molecule has 0 unspecified atom stereocenters. The van der Waals surface area contributed by atoms with Crippen LogP contribution >= 0.6 is 0 Å². The molecule has 0 saturated heterocycles. The van der Waals surface area contributed by atoms with Gasteiger partial charge in [-0.2, -0.15) is 4.98 Å². The van der Waals surface area contributed by atoms with Gasteiger partial charge in [-0.25, -0.2) is 12.7 Å². The average molecular weight is 359 g/mol. The van der Waals surface area contributed by atoms with Crippen LogP contribution in [0.3, 0.4) is 0 Å². The van der Waals surface area contributed by atoms with Gasteiger partial charge >= 0.3 is 6.01 Å². The monoisotopic (exact) mass is 359 g/mol. The van der Waals surface area contributed by atoms with Gasteiger partial charge in [-0.15, -0.1) is 0 Å². The number of amides is 1. The summed E-state index contributed by atoms with van der Waals surface area (Å²) >= 11 is 0. The second kappa shape index (κ2) is 6.30. The molecule has 0 fully saturated rings. The second-order valence-electron chi connectivity index (χ2n) is 5.64. The number of oxazole rings is 1. The van der Waals surface area contributed by atoms with Gasteiger partial charge in [-0.1, -0.05) is 18.2 Å². The van der Waals surface area contributed by atoms with Crippen LogP contribution in [0.4, 0.5) is 6.01 Å². The van der Waals surface area contributed by atoms with Crippen molar-refractivity contribution in [1.82, 2.24) is 9.29 Å². The van der Waals surface area contributed by atoms with E-state index in [0.29, 0.717) is 11.1 Å². The molecule has 0 aliphatic rings. The van der Waals surface area contributed by atoms with Crippen LogP contribution in [-0.4, -0.2) is 44.8 Å². The average Bonchev–Trinajstić information content (AvgIpc) is 3.04. The van der Waals surface area contributed by atoms with E-state index in [1.165, 1.54) is 44.2 Å². The number of carbonyl (C=O) groups is 1. The highest BCUT2D eigenvalue weighted by atomic mass is 32.2. The summed E-state index contributed by atoms with van der Waals surface area (Å²) in [6.07, 6.45) is 0. The lowest BCUT2D eigenvalue weighted by atomic mass is 10.2. The van der Waals surface area contributed by atoms with Crippen LogP contribution in [0.1, 0.15) is 10.4 Å². The Morgan fingerprint density at radius 3 is 2.44 bits per heavy atom. The highest BCUT2D eigenvalue weighted by Gasteiger charge is 2.22. The molecular formula is C17H17N3O4S. The number of nitrogens with zero attached hydrogens (tertiary/aromatic N) is 3. The molecule has 0 N–H and O–H groups in total. The van der Waals surface area contributed by atoms with E-state index in [-0.39, 0.29) is 16.5 Å². The normalized spacial score (nSPS) is 11.8. The maximum Gasteiger partial charge on any atom is 0.305 e. The topological polar surface area (TPSA) is 83.7 Å². The Morgan fingerprint density at radius 1 is 1.04 bits per heavy atom. The molecular weight excluding hydrogens is 342 g/mol. The first-order chi connectivity index (χ1) is 11.8. The van der Waals surface area contributed by atoms with E-state index in [0.717, 1.165) is 4.31 Å². The number of aromatic nitrogens is 1. The number of sulfonamides is 1. The fourth-order valence-electron chi connectivity index (χ4n) is 2.28. The maximum absolute atomic E-state index is 12.7. The number of para-hydroxylation sites is 2. The van der Waals surface area contributed by atoms with Crippen molar-refractivity contribution in [3.05, 3.63) is 54.1 Å². The van der Waals surface area contributed by atoms with Gasteiger partial charge in [0.25, 0.3) is 5.91 Å². The predicted molar refractivity (Wildman–Crippen MR) is 94.1 cm³/mol. The molecule has 0 radical (unpaired) electrons. The SMILES string of the molecule is CN(C(=O)c1cccc(S(=O)(=O)N(C)C)c1)c1nc2ccccc2o1. The Labute approximate surface area is 145 Å². The van der Waals surface area contributed by atoms with Gasteiger partial charge in [0, 0.05) is 26.7 Å². The zero-order valence-electron chi connectivity index (χ0n) is 14.0. The fraction of sp³-hybridized carbons (Fsp3) is 0.176. The number of anilines is 1. The van der Waals surface area contributed by atoms with E-state index in [1.807, 2.05) is 12.1 Å². The number of hydrogen-bond donors (Lipinski definition) is 0. The van der Waals surface area contributed by atoms with Crippen molar-refractivity contribution in [3.8, 4) is 0 Å². The fourth-order valence-corrected chi connectivity index (χ4v) is 3.23. The van der Waals surface area contributed by atoms with E-state index < -0.39 is 15.9 Å². The Bertz CT molecular complexity index is 1010. The standard InChI is InChI=1S/C17H17N3O4S/c1-19(2)25(22,23)13-8-6-7-12(11-13)16(21)20(3)17-18-14-9-4-5-10-15(14)24-17/h4-11H,1-3H3. The van der Waals surface area contributed by atoms with E-state index >= 15 is 0 Å². The van der Waals surface area contributed by atoms with Crippen molar-refractivity contribution in [2.45, 2.75) is 4.90 Å². The first-order valence-corrected chi connectivity index (χ1v) is 8.91. The molecule has 3 rings (SSSR count). The van der Waals surface area contributed by atoms with Gasteiger partial charge in [0.15, 0.2) is 5.58 Å². The van der Waals surface area contributed by atoms with E-state index in [9.17, 15) is 13.2 Å². The molecule has 0 saturated carbocycles. The molecule has 7 nitrogen and oxygen atoms in total. The molecule has 1 aromatic heterocycles. The van der Waals surface area contributed by atoms with Crippen molar-refractivity contribution >= 4 is 33.0 Å². The van der Waals surface area contributed by atoms with Crippen molar-refractivity contribution in [3.63, 3.8) is 0 Å². The molecule has 2 aromatic carbocycles. The molecule has 1 heterocycles. The van der Waals surface area contributed by atoms with Crippen LogP contribution in [0.2, 0.25) is 0 Å². The van der Waals surface area contributed by atoms with Gasteiger partial charge in [0.1, 0.15) is 5.52 Å². The third kappa shape index (κ3) is 3.13. The summed E-state index contributed by atoms with van der Waals surface area (Å²) in [5, 5.41) is 0. The minimum Gasteiger partial charge on any atom is -0.423 e. The van der Waals surface area contributed by atoms with Crippen LogP contribution in [0, 0.1) is 0 Å². The largest absolute Gasteiger partial charge is 0.423 e. The molecule has 1 amide bonds. The van der Waals surface area contributed by atoms with Crippen LogP contribution in [0.25, 0.3) is 11.1 Å². The molecule has 0 aliphatic heterocycles. The third-order valence-electron chi connectivity index (χ3n) is 3.73. The lowest BCUT2D eigenvalue weighted by Gasteiger charge is -2.15. The van der Waals surface area contributed by atoms with Gasteiger partial charge in [0.05, 0.1) is 4.90 Å². The second-order valence-corrected chi connectivity index (χ2v) is 7.80. The summed E-state index contributed by atoms with van der Waals surface area (Å²) in [5.41, 5.74) is 1.44. The third-order valence-corrected chi connectivity index (χ3v) is 5.54. The lowest BCUT2D eigenvalue weighted by molar-refractivity contribution is 0.0988. The van der Waals surface area contributed by atoms with Crippen molar-refractivity contribution in [2.24, 2.45) is 0 Å². The van der Waals surface area contributed by atoms with Crippen molar-refractivity contribution in [1.29, 1.82) is 0 Å². The molecule has 130 valence electrons. The Hall–Kier alpha value is -2.71. The molecule has 25 heavy (non-hydrogen) atoms. The van der Waals surface area contributed by atoms with E-state index in [4.69, 9.17) is 4.42 Å². The Kier molecular flexibility index (Phi) is 4.32. The number of rotatable bonds is 4. The minimum absolute atomic E-state index is 0.0503. The smallest absolute Gasteiger partial charge is 0.305 e. The van der Waals surface area contributed by atoms with Gasteiger partial charge in [-0.3, -0.25) is 9.69 Å². The zero-order chi connectivity index (χ0) is 18.2. The maximum atomic E-state index is 12.7. The number of carbonyl (C=O) groups excluding carboxylic acids is 1. The molecule has 0 aliphatic carbocycles. The summed E-state index contributed by atoms with van der Waals surface area (Å²) in [6.45, 7) is 0. The summed E-state index contributed by atoms with van der Waals surface area (Å²) in [4.78, 5) is 18.3. The van der Waals surface area contributed by atoms with Crippen molar-refractivity contribution < 1.29 is 17.6 Å². The zero-order valence-corrected chi connectivity index (χ0v) is 14.8. The number of benzene rings is 2. The van der Waals surface area contributed by atoms with Crippen LogP contribution in [0.15, 0.2) is 57.8 Å². The molecule has 0 spiro atoms. The quantitative estimate of drug-likeness (QED) is 0.714.